The molecular weight excluding hydrogens is 822 g/mol. The third-order valence-electron chi connectivity index (χ3n) is 15.1. The Kier molecular flexibility index (Phi) is 8.34. The Hall–Kier alpha value is -8.34. The van der Waals surface area contributed by atoms with Gasteiger partial charge in [-0.2, -0.15) is 0 Å². The normalized spacial score (nSPS) is 13.8. The first kappa shape index (κ1) is 38.9. The SMILES string of the molecule is Cc1cc(N(c2ccccc2)c2ccccc2)cc(N2c3cc(C)ccc3B3c4ccccc4N(c4ccc5c(c4)-c4ccccc4C54c5ccccc5-c5ccccc54)c4cc(C)cc2c43)c1. The summed E-state index contributed by atoms with van der Waals surface area (Å²) >= 11 is 0. The van der Waals surface area contributed by atoms with Crippen molar-refractivity contribution >= 4 is 74.3 Å². The molecule has 0 N–H and O–H groups in total. The zero-order valence-electron chi connectivity index (χ0n) is 38.3. The minimum absolute atomic E-state index is 0.0410. The summed E-state index contributed by atoms with van der Waals surface area (Å²) in [5.74, 6) is 0. The molecule has 0 unspecified atom stereocenters. The van der Waals surface area contributed by atoms with Gasteiger partial charge < -0.3 is 14.7 Å². The summed E-state index contributed by atoms with van der Waals surface area (Å²) in [6.07, 6.45) is 0. The molecule has 0 bridgehead atoms. The summed E-state index contributed by atoms with van der Waals surface area (Å²) in [7, 11) is 0. The molecule has 0 fully saturated rings. The first-order valence-corrected chi connectivity index (χ1v) is 23.9. The van der Waals surface area contributed by atoms with Crippen LogP contribution in [0.3, 0.4) is 0 Å². The predicted octanol–water partition coefficient (Wildman–Crippen LogP) is 14.5. The molecule has 14 rings (SSSR count). The molecule has 0 saturated carbocycles. The summed E-state index contributed by atoms with van der Waals surface area (Å²) in [5.41, 5.74) is 28.4. The third-order valence-corrected chi connectivity index (χ3v) is 15.1. The first-order valence-electron chi connectivity index (χ1n) is 23.9. The van der Waals surface area contributed by atoms with Gasteiger partial charge >= 0.3 is 0 Å². The Morgan fingerprint density at radius 2 is 0.838 bits per heavy atom. The van der Waals surface area contributed by atoms with E-state index in [9.17, 15) is 0 Å². The van der Waals surface area contributed by atoms with Crippen molar-refractivity contribution in [3.63, 3.8) is 0 Å². The molecule has 2 aliphatic carbocycles. The van der Waals surface area contributed by atoms with Gasteiger partial charge in [-0.25, -0.2) is 0 Å². The molecule has 0 aromatic heterocycles. The van der Waals surface area contributed by atoms with Crippen LogP contribution in [0.15, 0.2) is 224 Å². The van der Waals surface area contributed by atoms with Gasteiger partial charge in [-0.1, -0.05) is 146 Å². The van der Waals surface area contributed by atoms with Crippen molar-refractivity contribution in [1.82, 2.24) is 0 Å². The first-order chi connectivity index (χ1) is 33.5. The molecule has 3 nitrogen and oxygen atoms in total. The van der Waals surface area contributed by atoms with E-state index in [0.29, 0.717) is 0 Å². The number of hydrogen-bond acceptors (Lipinski definition) is 3. The molecule has 1 spiro atoms. The summed E-state index contributed by atoms with van der Waals surface area (Å²) in [6.45, 7) is 6.76. The van der Waals surface area contributed by atoms with E-state index in [4.69, 9.17) is 0 Å². The maximum atomic E-state index is 2.56. The fourth-order valence-corrected chi connectivity index (χ4v) is 12.6. The van der Waals surface area contributed by atoms with Gasteiger partial charge in [0.1, 0.15) is 0 Å². The number of hydrogen-bond donors (Lipinski definition) is 0. The smallest absolute Gasteiger partial charge is 0.252 e. The van der Waals surface area contributed by atoms with Crippen molar-refractivity contribution in [3.8, 4) is 22.3 Å². The van der Waals surface area contributed by atoms with Crippen molar-refractivity contribution in [2.24, 2.45) is 0 Å². The van der Waals surface area contributed by atoms with Crippen LogP contribution in [0.1, 0.15) is 38.9 Å². The molecular formula is C64H46BN3. The highest BCUT2D eigenvalue weighted by Crippen LogP contribution is 2.63. The summed E-state index contributed by atoms with van der Waals surface area (Å²) in [5, 5.41) is 0. The number of nitrogens with zero attached hydrogens (tertiary/aromatic N) is 3. The van der Waals surface area contributed by atoms with Crippen LogP contribution in [-0.2, 0) is 5.41 Å². The molecule has 0 atom stereocenters. The Morgan fingerprint density at radius 1 is 0.338 bits per heavy atom. The maximum Gasteiger partial charge on any atom is 0.252 e. The van der Waals surface area contributed by atoms with Gasteiger partial charge in [-0.3, -0.25) is 0 Å². The van der Waals surface area contributed by atoms with Crippen molar-refractivity contribution in [3.05, 3.63) is 263 Å². The average Bonchev–Trinajstić information content (AvgIpc) is 3.84. The molecule has 0 saturated heterocycles. The topological polar surface area (TPSA) is 9.72 Å². The van der Waals surface area contributed by atoms with E-state index in [-0.39, 0.29) is 6.71 Å². The predicted molar refractivity (Wildman–Crippen MR) is 286 cm³/mol. The highest BCUT2D eigenvalue weighted by molar-refractivity contribution is 7.00. The fraction of sp³-hybridized carbons (Fsp3) is 0.0625. The molecule has 4 heteroatoms. The van der Waals surface area contributed by atoms with Crippen LogP contribution in [0.2, 0.25) is 0 Å². The Bertz CT molecular complexity index is 3620. The van der Waals surface area contributed by atoms with Crippen molar-refractivity contribution in [1.29, 1.82) is 0 Å². The van der Waals surface area contributed by atoms with Gasteiger partial charge in [-0.05, 0) is 177 Å². The van der Waals surface area contributed by atoms with E-state index in [1.807, 2.05) is 0 Å². The van der Waals surface area contributed by atoms with Gasteiger partial charge in [-0.15, -0.1) is 0 Å². The monoisotopic (exact) mass is 867 g/mol. The second kappa shape index (κ2) is 14.6. The van der Waals surface area contributed by atoms with E-state index in [1.54, 1.807) is 0 Å². The highest BCUT2D eigenvalue weighted by atomic mass is 15.2. The van der Waals surface area contributed by atoms with Crippen LogP contribution in [0.5, 0.6) is 0 Å². The number of rotatable bonds is 5. The zero-order valence-corrected chi connectivity index (χ0v) is 38.3. The third kappa shape index (κ3) is 5.37. The lowest BCUT2D eigenvalue weighted by molar-refractivity contribution is 0.794. The lowest BCUT2D eigenvalue weighted by atomic mass is 9.33. The molecule has 320 valence electrons. The number of para-hydroxylation sites is 3. The molecule has 2 heterocycles. The lowest BCUT2D eigenvalue weighted by Crippen LogP contribution is -2.61. The standard InChI is InChI=1S/C64H46BN3/c1-41-30-33-58-60(36-41)68(48-35-42(2)34-47(39-48)66(44-18-6-4-7-19-44)45-20-8-5-9-21-45)62-38-43(3)37-61-63(62)65(58)57-28-16-17-29-59(57)67(61)46-31-32-56-52(40-46)51-24-12-15-27-55(51)64(56)53-25-13-10-22-49(53)50-23-11-14-26-54(50)64/h4-40H,1-3H3. The minimum atomic E-state index is -0.392. The van der Waals surface area contributed by atoms with Crippen LogP contribution in [0.25, 0.3) is 22.3 Å². The molecule has 4 aliphatic rings. The number of fused-ring (bicyclic) bond motifs is 14. The number of benzene rings is 10. The number of aryl methyl sites for hydroxylation is 3. The van der Waals surface area contributed by atoms with E-state index in [1.165, 1.54) is 100 Å². The quantitative estimate of drug-likeness (QED) is 0.160. The van der Waals surface area contributed by atoms with Crippen molar-refractivity contribution in [2.45, 2.75) is 26.2 Å². The molecule has 0 radical (unpaired) electrons. The average molecular weight is 868 g/mol. The van der Waals surface area contributed by atoms with Crippen molar-refractivity contribution in [2.75, 3.05) is 14.7 Å². The fourth-order valence-electron chi connectivity index (χ4n) is 12.6. The highest BCUT2D eigenvalue weighted by Gasteiger charge is 2.52. The van der Waals surface area contributed by atoms with E-state index in [2.05, 4.69) is 260 Å². The van der Waals surface area contributed by atoms with Crippen LogP contribution in [0.4, 0.5) is 51.2 Å². The van der Waals surface area contributed by atoms with Crippen LogP contribution in [0, 0.1) is 20.8 Å². The van der Waals surface area contributed by atoms with Crippen LogP contribution >= 0.6 is 0 Å². The molecule has 2 aliphatic heterocycles. The summed E-state index contributed by atoms with van der Waals surface area (Å²) in [6, 6.07) is 84.2. The Morgan fingerprint density at radius 3 is 1.49 bits per heavy atom. The van der Waals surface area contributed by atoms with Gasteiger partial charge in [0.2, 0.25) is 0 Å². The lowest BCUT2D eigenvalue weighted by Gasteiger charge is -2.44. The molecule has 10 aromatic carbocycles. The van der Waals surface area contributed by atoms with Crippen LogP contribution in [-0.4, -0.2) is 6.71 Å². The van der Waals surface area contributed by atoms with Gasteiger partial charge in [0.25, 0.3) is 6.71 Å². The molecule has 10 aromatic rings. The van der Waals surface area contributed by atoms with Crippen molar-refractivity contribution < 1.29 is 0 Å². The summed E-state index contributed by atoms with van der Waals surface area (Å²) in [4.78, 5) is 7.50. The zero-order chi connectivity index (χ0) is 45.3. The number of anilines is 9. The Labute approximate surface area is 398 Å². The maximum absolute atomic E-state index is 2.56. The second-order valence-corrected chi connectivity index (χ2v) is 19.1. The molecule has 68 heavy (non-hydrogen) atoms. The van der Waals surface area contributed by atoms with Gasteiger partial charge in [0.15, 0.2) is 0 Å². The largest absolute Gasteiger partial charge is 0.311 e. The van der Waals surface area contributed by atoms with Crippen LogP contribution < -0.4 is 31.1 Å². The van der Waals surface area contributed by atoms with E-state index in [0.717, 1.165) is 28.4 Å². The summed E-state index contributed by atoms with van der Waals surface area (Å²) < 4.78 is 0. The van der Waals surface area contributed by atoms with Gasteiger partial charge in [0, 0.05) is 51.2 Å². The molecule has 0 amide bonds. The minimum Gasteiger partial charge on any atom is -0.311 e. The van der Waals surface area contributed by atoms with E-state index >= 15 is 0 Å². The second-order valence-electron chi connectivity index (χ2n) is 19.1. The van der Waals surface area contributed by atoms with Gasteiger partial charge in [0.05, 0.1) is 5.41 Å². The van der Waals surface area contributed by atoms with E-state index < -0.39 is 5.41 Å². The Balaban J connectivity index is 0.993.